The minimum Gasteiger partial charge on any atom is -0.598 e. The van der Waals surface area contributed by atoms with Gasteiger partial charge in [-0.3, -0.25) is 0 Å². The molecule has 1 saturated carbocycles. The topological polar surface area (TPSA) is 44.3 Å². The monoisotopic (exact) mass is 363 g/mol. The number of nitrogens with one attached hydrogen (secondary N) is 1. The summed E-state index contributed by atoms with van der Waals surface area (Å²) < 4.78 is 59.5. The van der Waals surface area contributed by atoms with Crippen LogP contribution in [0.4, 0.5) is 13.2 Å². The van der Waals surface area contributed by atoms with E-state index in [9.17, 15) is 17.7 Å². The van der Waals surface area contributed by atoms with Gasteiger partial charge in [-0.15, -0.1) is 4.72 Å². The van der Waals surface area contributed by atoms with Gasteiger partial charge in [0.2, 0.25) is 0 Å². The third-order valence-corrected chi connectivity index (χ3v) is 5.50. The van der Waals surface area contributed by atoms with Gasteiger partial charge in [-0.25, -0.2) is 0 Å². The molecular formula is C17H24F3NO2S. The van der Waals surface area contributed by atoms with Crippen molar-refractivity contribution in [1.29, 1.82) is 0 Å². The molecule has 1 aromatic rings. The van der Waals surface area contributed by atoms with Gasteiger partial charge in [0, 0.05) is 11.4 Å². The van der Waals surface area contributed by atoms with Crippen molar-refractivity contribution >= 4 is 11.4 Å². The molecule has 0 aromatic heterocycles. The average molecular weight is 363 g/mol. The van der Waals surface area contributed by atoms with E-state index < -0.39 is 27.8 Å². The molecule has 0 radical (unpaired) electrons. The summed E-state index contributed by atoms with van der Waals surface area (Å²) in [6.07, 6.45) is -2.45. The largest absolute Gasteiger partial charge is 0.598 e. The van der Waals surface area contributed by atoms with Crippen molar-refractivity contribution in [3.63, 3.8) is 0 Å². The van der Waals surface area contributed by atoms with Gasteiger partial charge < -0.3 is 9.29 Å². The molecule has 2 rings (SSSR count). The van der Waals surface area contributed by atoms with Crippen LogP contribution in [-0.2, 0) is 17.5 Å². The molecule has 7 heteroatoms. The van der Waals surface area contributed by atoms with E-state index in [1.165, 1.54) is 12.1 Å². The average Bonchev–Trinajstić information content (AvgIpc) is 3.26. The summed E-state index contributed by atoms with van der Waals surface area (Å²) >= 11 is -1.31. The van der Waals surface area contributed by atoms with Crippen LogP contribution in [-0.4, -0.2) is 15.9 Å². The standard InChI is InChI=1S/C17H24F3NO2S/c1-11(21-24(22)16(2,3)4)13-7-8-14(17(18,19)20)15(9-13)23-10-12-5-6-12/h7-9,11-12,21H,5-6,10H2,1-4H3. The van der Waals surface area contributed by atoms with Crippen LogP contribution in [0.15, 0.2) is 18.2 Å². The molecule has 0 aliphatic heterocycles. The molecular weight excluding hydrogens is 339 g/mol. The van der Waals surface area contributed by atoms with Gasteiger partial charge in [0.1, 0.15) is 10.5 Å². The van der Waals surface area contributed by atoms with Crippen LogP contribution in [0.25, 0.3) is 0 Å². The Balaban J connectivity index is 2.19. The summed E-state index contributed by atoms with van der Waals surface area (Å²) in [5.41, 5.74) is -0.151. The molecule has 2 atom stereocenters. The summed E-state index contributed by atoms with van der Waals surface area (Å²) in [5, 5.41) is 0. The molecule has 136 valence electrons. The number of hydrogen-bond acceptors (Lipinski definition) is 3. The van der Waals surface area contributed by atoms with Crippen molar-refractivity contribution in [3.05, 3.63) is 29.3 Å². The minimum atomic E-state index is -4.46. The van der Waals surface area contributed by atoms with Crippen molar-refractivity contribution in [1.82, 2.24) is 4.72 Å². The van der Waals surface area contributed by atoms with E-state index in [1.807, 2.05) is 20.8 Å². The fraction of sp³-hybridized carbons (Fsp3) is 0.647. The van der Waals surface area contributed by atoms with E-state index in [1.54, 1.807) is 6.92 Å². The molecule has 1 N–H and O–H groups in total. The number of benzene rings is 1. The highest BCUT2D eigenvalue weighted by molar-refractivity contribution is 7.90. The second-order valence-corrected chi connectivity index (χ2v) is 9.23. The fourth-order valence-corrected chi connectivity index (χ4v) is 2.87. The molecule has 2 unspecified atom stereocenters. The van der Waals surface area contributed by atoms with Gasteiger partial charge in [0.15, 0.2) is 0 Å². The van der Waals surface area contributed by atoms with Gasteiger partial charge in [-0.1, -0.05) is 6.07 Å². The Morgan fingerprint density at radius 1 is 1.29 bits per heavy atom. The Hall–Kier alpha value is -0.920. The number of hydrogen-bond donors (Lipinski definition) is 1. The van der Waals surface area contributed by atoms with Crippen molar-refractivity contribution < 1.29 is 22.5 Å². The summed E-state index contributed by atoms with van der Waals surface area (Å²) in [7, 11) is 0. The van der Waals surface area contributed by atoms with Gasteiger partial charge in [-0.05, 0) is 64.2 Å². The van der Waals surface area contributed by atoms with E-state index in [2.05, 4.69) is 4.72 Å². The lowest BCUT2D eigenvalue weighted by molar-refractivity contribution is -0.139. The first-order valence-corrected chi connectivity index (χ1v) is 9.15. The lowest BCUT2D eigenvalue weighted by Crippen LogP contribution is -2.40. The zero-order valence-electron chi connectivity index (χ0n) is 14.4. The van der Waals surface area contributed by atoms with E-state index in [0.29, 0.717) is 18.1 Å². The Morgan fingerprint density at radius 3 is 2.42 bits per heavy atom. The van der Waals surface area contributed by atoms with E-state index in [-0.39, 0.29) is 11.8 Å². The number of rotatable bonds is 6. The van der Waals surface area contributed by atoms with Crippen molar-refractivity contribution in [3.8, 4) is 5.75 Å². The quantitative estimate of drug-likeness (QED) is 0.751. The van der Waals surface area contributed by atoms with Crippen LogP contribution in [0.2, 0.25) is 0 Å². The predicted molar refractivity (Wildman–Crippen MR) is 89.1 cm³/mol. The second-order valence-electron chi connectivity index (χ2n) is 7.23. The zero-order valence-corrected chi connectivity index (χ0v) is 15.2. The molecule has 1 fully saturated rings. The van der Waals surface area contributed by atoms with E-state index in [4.69, 9.17) is 4.74 Å². The maximum absolute atomic E-state index is 13.1. The van der Waals surface area contributed by atoms with Crippen molar-refractivity contribution in [2.75, 3.05) is 6.61 Å². The Bertz CT molecular complexity index is 568. The van der Waals surface area contributed by atoms with Gasteiger partial charge in [-0.2, -0.15) is 13.2 Å². The SMILES string of the molecule is CC(N[S+]([O-])C(C)(C)C)c1ccc(C(F)(F)F)c(OCC2CC2)c1. The Kier molecular flexibility index (Phi) is 5.77. The predicted octanol–water partition coefficient (Wildman–Crippen LogP) is 4.61. The highest BCUT2D eigenvalue weighted by atomic mass is 32.2. The Labute approximate surface area is 144 Å². The van der Waals surface area contributed by atoms with Crippen LogP contribution in [0.3, 0.4) is 0 Å². The van der Waals surface area contributed by atoms with Crippen LogP contribution < -0.4 is 9.46 Å². The maximum atomic E-state index is 13.1. The minimum absolute atomic E-state index is 0.151. The molecule has 1 aliphatic carbocycles. The second kappa shape index (κ2) is 7.14. The summed E-state index contributed by atoms with van der Waals surface area (Å²) in [4.78, 5) is 0. The molecule has 24 heavy (non-hydrogen) atoms. The Morgan fingerprint density at radius 2 is 1.92 bits per heavy atom. The molecule has 0 amide bonds. The summed E-state index contributed by atoms with van der Waals surface area (Å²) in [6, 6.07) is 3.50. The molecule has 3 nitrogen and oxygen atoms in total. The number of halogens is 3. The van der Waals surface area contributed by atoms with Crippen LogP contribution in [0, 0.1) is 5.92 Å². The summed E-state index contributed by atoms with van der Waals surface area (Å²) in [6.45, 7) is 7.58. The normalized spacial score (nSPS) is 18.3. The maximum Gasteiger partial charge on any atom is 0.419 e. The highest BCUT2D eigenvalue weighted by Gasteiger charge is 2.36. The van der Waals surface area contributed by atoms with Crippen molar-refractivity contribution in [2.45, 2.75) is 57.5 Å². The first kappa shape index (κ1) is 19.4. The molecule has 0 saturated heterocycles. The lowest BCUT2D eigenvalue weighted by atomic mass is 10.1. The van der Waals surface area contributed by atoms with E-state index in [0.717, 1.165) is 18.9 Å². The molecule has 1 aromatic carbocycles. The third-order valence-electron chi connectivity index (χ3n) is 3.82. The van der Waals surface area contributed by atoms with Gasteiger partial charge in [0.25, 0.3) is 0 Å². The molecule has 0 heterocycles. The lowest BCUT2D eigenvalue weighted by Gasteiger charge is -2.27. The zero-order chi connectivity index (χ0) is 18.1. The molecule has 0 bridgehead atoms. The highest BCUT2D eigenvalue weighted by Crippen LogP contribution is 2.39. The first-order valence-electron chi connectivity index (χ1n) is 8.00. The van der Waals surface area contributed by atoms with Gasteiger partial charge >= 0.3 is 6.18 Å². The van der Waals surface area contributed by atoms with Crippen LogP contribution in [0.1, 0.15) is 57.7 Å². The van der Waals surface area contributed by atoms with Crippen molar-refractivity contribution in [2.24, 2.45) is 5.92 Å². The molecule has 1 aliphatic rings. The number of alkyl halides is 3. The van der Waals surface area contributed by atoms with Crippen LogP contribution in [0.5, 0.6) is 5.75 Å². The smallest absolute Gasteiger partial charge is 0.419 e. The third kappa shape index (κ3) is 5.29. The fourth-order valence-electron chi connectivity index (χ4n) is 2.06. The van der Waals surface area contributed by atoms with E-state index >= 15 is 0 Å². The number of ether oxygens (including phenoxy) is 1. The first-order chi connectivity index (χ1) is 11.0. The van der Waals surface area contributed by atoms with Crippen LogP contribution >= 0.6 is 0 Å². The summed E-state index contributed by atoms with van der Waals surface area (Å²) in [5.74, 6) is 0.209. The van der Waals surface area contributed by atoms with Gasteiger partial charge in [0.05, 0.1) is 18.2 Å². The molecule has 0 spiro atoms.